The van der Waals surface area contributed by atoms with Crippen LogP contribution >= 0.6 is 11.6 Å². The van der Waals surface area contributed by atoms with E-state index in [9.17, 15) is 18.9 Å². The van der Waals surface area contributed by atoms with Crippen LogP contribution in [0, 0.1) is 21.7 Å². The van der Waals surface area contributed by atoms with Crippen molar-refractivity contribution < 1.29 is 13.7 Å². The highest BCUT2D eigenvalue weighted by molar-refractivity contribution is 6.32. The summed E-state index contributed by atoms with van der Waals surface area (Å²) in [6.07, 6.45) is 0. The van der Waals surface area contributed by atoms with E-state index in [1.54, 1.807) is 13.8 Å². The van der Waals surface area contributed by atoms with Crippen molar-refractivity contribution >= 4 is 17.3 Å². The molecule has 2 aromatic rings. The fourth-order valence-electron chi connectivity index (χ4n) is 1.78. The second-order valence-electron chi connectivity index (χ2n) is 4.44. The van der Waals surface area contributed by atoms with E-state index >= 15 is 0 Å². The maximum atomic E-state index is 13.7. The van der Waals surface area contributed by atoms with Gasteiger partial charge in [-0.1, -0.05) is 25.4 Å². The molecule has 5 nitrogen and oxygen atoms in total. The maximum absolute atomic E-state index is 13.7. The predicted octanol–water partition coefficient (Wildman–Crippen LogP) is 3.84. The van der Waals surface area contributed by atoms with E-state index < -0.39 is 16.6 Å². The van der Waals surface area contributed by atoms with Gasteiger partial charge in [0.05, 0.1) is 4.92 Å². The van der Waals surface area contributed by atoms with Crippen LogP contribution in [0.4, 0.5) is 14.5 Å². The van der Waals surface area contributed by atoms with Crippen LogP contribution in [0.15, 0.2) is 18.2 Å². The molecular weight excluding hydrogens is 292 g/mol. The summed E-state index contributed by atoms with van der Waals surface area (Å²) in [5.74, 6) is -1.93. The van der Waals surface area contributed by atoms with Crippen molar-refractivity contribution in [1.82, 2.24) is 9.78 Å². The minimum atomic E-state index is -0.903. The molecule has 0 aliphatic rings. The Kier molecular flexibility index (Phi) is 3.71. The van der Waals surface area contributed by atoms with E-state index in [0.717, 1.165) is 16.8 Å². The van der Waals surface area contributed by atoms with Gasteiger partial charge in [0.1, 0.15) is 17.2 Å². The molecule has 0 fully saturated rings. The van der Waals surface area contributed by atoms with Crippen molar-refractivity contribution in [2.45, 2.75) is 19.8 Å². The van der Waals surface area contributed by atoms with Gasteiger partial charge in [-0.25, -0.2) is 13.5 Å². The second-order valence-corrected chi connectivity index (χ2v) is 4.80. The molecule has 20 heavy (non-hydrogen) atoms. The molecule has 1 aromatic carbocycles. The Labute approximate surface area is 117 Å². The normalized spacial score (nSPS) is 11.1. The first-order valence-electron chi connectivity index (χ1n) is 5.71. The molecule has 0 unspecified atom stereocenters. The first-order chi connectivity index (χ1) is 9.32. The van der Waals surface area contributed by atoms with Crippen LogP contribution in [0.5, 0.6) is 0 Å². The third-order valence-corrected chi connectivity index (χ3v) is 3.04. The molecule has 0 saturated heterocycles. The van der Waals surface area contributed by atoms with Crippen LogP contribution < -0.4 is 0 Å². The minimum Gasteiger partial charge on any atom is -0.258 e. The summed E-state index contributed by atoms with van der Waals surface area (Å²) in [5, 5.41) is 14.7. The SMILES string of the molecule is CC(C)c1nn(-c2ccc(F)cc2F)c(Cl)c1[N+](=O)[O-]. The van der Waals surface area contributed by atoms with Gasteiger partial charge in [-0.05, 0) is 12.1 Å². The van der Waals surface area contributed by atoms with Gasteiger partial charge in [-0.15, -0.1) is 0 Å². The first-order valence-corrected chi connectivity index (χ1v) is 6.09. The fourth-order valence-corrected chi connectivity index (χ4v) is 2.07. The summed E-state index contributed by atoms with van der Waals surface area (Å²) in [7, 11) is 0. The maximum Gasteiger partial charge on any atom is 0.329 e. The molecule has 0 aliphatic heterocycles. The molecule has 106 valence electrons. The fraction of sp³-hybridized carbons (Fsp3) is 0.250. The van der Waals surface area contributed by atoms with Crippen LogP contribution in [0.1, 0.15) is 25.5 Å². The molecule has 0 saturated carbocycles. The van der Waals surface area contributed by atoms with E-state index in [-0.39, 0.29) is 28.1 Å². The Morgan fingerprint density at radius 1 is 1.40 bits per heavy atom. The average Bonchev–Trinajstić information content (AvgIpc) is 2.67. The van der Waals surface area contributed by atoms with Crippen molar-refractivity contribution in [1.29, 1.82) is 0 Å². The highest BCUT2D eigenvalue weighted by Gasteiger charge is 2.29. The molecule has 8 heteroatoms. The van der Waals surface area contributed by atoms with E-state index in [1.807, 2.05) is 0 Å². The van der Waals surface area contributed by atoms with Gasteiger partial charge in [0.2, 0.25) is 5.15 Å². The molecule has 0 aliphatic carbocycles. The molecule has 0 atom stereocenters. The van der Waals surface area contributed by atoms with Gasteiger partial charge in [-0.2, -0.15) is 5.10 Å². The molecule has 0 radical (unpaired) electrons. The zero-order valence-electron chi connectivity index (χ0n) is 10.6. The lowest BCUT2D eigenvalue weighted by Gasteiger charge is -2.04. The lowest BCUT2D eigenvalue weighted by Crippen LogP contribution is -2.01. The third-order valence-electron chi connectivity index (χ3n) is 2.70. The molecule has 0 N–H and O–H groups in total. The molecule has 0 amide bonds. The topological polar surface area (TPSA) is 61.0 Å². The first kappa shape index (κ1) is 14.4. The number of benzene rings is 1. The van der Waals surface area contributed by atoms with Crippen LogP contribution in [0.3, 0.4) is 0 Å². The highest BCUT2D eigenvalue weighted by atomic mass is 35.5. The zero-order chi connectivity index (χ0) is 15.0. The van der Waals surface area contributed by atoms with Crippen LogP contribution in [-0.2, 0) is 0 Å². The van der Waals surface area contributed by atoms with Crippen molar-refractivity contribution in [2.24, 2.45) is 0 Å². The highest BCUT2D eigenvalue weighted by Crippen LogP contribution is 2.35. The van der Waals surface area contributed by atoms with Gasteiger partial charge in [0.15, 0.2) is 5.82 Å². The lowest BCUT2D eigenvalue weighted by molar-refractivity contribution is -0.385. The molecule has 0 spiro atoms. The van der Waals surface area contributed by atoms with E-state index in [4.69, 9.17) is 11.6 Å². The quantitative estimate of drug-likeness (QED) is 0.639. The summed E-state index contributed by atoms with van der Waals surface area (Å²) >= 11 is 5.91. The summed E-state index contributed by atoms with van der Waals surface area (Å²) in [4.78, 5) is 10.4. The van der Waals surface area contributed by atoms with Crippen LogP contribution in [-0.4, -0.2) is 14.7 Å². The van der Waals surface area contributed by atoms with Gasteiger partial charge in [0, 0.05) is 12.0 Å². The van der Waals surface area contributed by atoms with E-state index in [2.05, 4.69) is 5.10 Å². The Morgan fingerprint density at radius 2 is 2.05 bits per heavy atom. The average molecular weight is 302 g/mol. The molecule has 2 rings (SSSR count). The Bertz CT molecular complexity index is 686. The molecular formula is C12H10ClF2N3O2. The monoisotopic (exact) mass is 301 g/mol. The number of rotatable bonds is 3. The summed E-state index contributed by atoms with van der Waals surface area (Å²) in [6.45, 7) is 3.41. The Hall–Kier alpha value is -2.02. The number of aromatic nitrogens is 2. The van der Waals surface area contributed by atoms with E-state index in [0.29, 0.717) is 6.07 Å². The summed E-state index contributed by atoms with van der Waals surface area (Å²) in [5.41, 5.74) is -0.375. The second kappa shape index (κ2) is 5.16. The number of hydrogen-bond donors (Lipinski definition) is 0. The predicted molar refractivity (Wildman–Crippen MR) is 69.2 cm³/mol. The van der Waals surface area contributed by atoms with Gasteiger partial charge < -0.3 is 0 Å². The Morgan fingerprint density at radius 3 is 2.50 bits per heavy atom. The summed E-state index contributed by atoms with van der Waals surface area (Å²) in [6, 6.07) is 2.81. The van der Waals surface area contributed by atoms with Crippen molar-refractivity contribution in [3.63, 3.8) is 0 Å². The Balaban J connectivity index is 2.69. The molecule has 1 heterocycles. The number of hydrogen-bond acceptors (Lipinski definition) is 3. The number of nitro groups is 1. The number of nitrogens with zero attached hydrogens (tertiary/aromatic N) is 3. The molecule has 1 aromatic heterocycles. The lowest BCUT2D eigenvalue weighted by atomic mass is 10.1. The van der Waals surface area contributed by atoms with Gasteiger partial charge in [0.25, 0.3) is 0 Å². The smallest absolute Gasteiger partial charge is 0.258 e. The zero-order valence-corrected chi connectivity index (χ0v) is 11.4. The van der Waals surface area contributed by atoms with Crippen LogP contribution in [0.25, 0.3) is 5.69 Å². The summed E-state index contributed by atoms with van der Waals surface area (Å²) < 4.78 is 27.5. The van der Waals surface area contributed by atoms with Crippen LogP contribution in [0.2, 0.25) is 5.15 Å². The number of halogens is 3. The van der Waals surface area contributed by atoms with Crippen molar-refractivity contribution in [2.75, 3.05) is 0 Å². The largest absolute Gasteiger partial charge is 0.329 e. The standard InChI is InChI=1S/C12H10ClF2N3O2/c1-6(2)10-11(18(19)20)12(13)17(16-10)9-4-3-7(14)5-8(9)15/h3-6H,1-2H3. The van der Waals surface area contributed by atoms with Crippen molar-refractivity contribution in [3.8, 4) is 5.69 Å². The minimum absolute atomic E-state index is 0.142. The third kappa shape index (κ3) is 2.36. The van der Waals surface area contributed by atoms with Crippen molar-refractivity contribution in [3.05, 3.63) is 50.8 Å². The van der Waals surface area contributed by atoms with Gasteiger partial charge >= 0.3 is 5.69 Å². The molecule has 0 bridgehead atoms. The van der Waals surface area contributed by atoms with E-state index in [1.165, 1.54) is 0 Å². The van der Waals surface area contributed by atoms with Gasteiger partial charge in [-0.3, -0.25) is 10.1 Å².